The van der Waals surface area contributed by atoms with Crippen LogP contribution in [0.1, 0.15) is 48.9 Å². The molecule has 3 atom stereocenters. The van der Waals surface area contributed by atoms with Crippen molar-refractivity contribution in [2.75, 3.05) is 32.7 Å². The van der Waals surface area contributed by atoms with Crippen LogP contribution in [0.4, 0.5) is 13.2 Å². The Morgan fingerprint density at radius 3 is 2.42 bits per heavy atom. The number of nitrogens with zero attached hydrogens (tertiary/aromatic N) is 3. The number of hydrogen-bond acceptors (Lipinski definition) is 4. The second-order valence-electron chi connectivity index (χ2n) is 9.92. The van der Waals surface area contributed by atoms with E-state index < -0.39 is 6.36 Å². The van der Waals surface area contributed by atoms with Crippen molar-refractivity contribution < 1.29 is 27.5 Å². The molecule has 0 radical (unpaired) electrons. The minimum Gasteiger partial charge on any atom is -0.406 e. The predicted octanol–water partition coefficient (Wildman–Crippen LogP) is 3.52. The molecule has 4 aliphatic rings. The summed E-state index contributed by atoms with van der Waals surface area (Å²) >= 11 is 0. The molecule has 0 aromatic heterocycles. The van der Waals surface area contributed by atoms with Crippen molar-refractivity contribution in [3.8, 4) is 5.75 Å². The lowest BCUT2D eigenvalue weighted by atomic mass is 9.75. The van der Waals surface area contributed by atoms with Crippen molar-refractivity contribution in [1.29, 1.82) is 0 Å². The van der Waals surface area contributed by atoms with E-state index in [1.54, 1.807) is 4.90 Å². The van der Waals surface area contributed by atoms with Gasteiger partial charge in [-0.05, 0) is 68.2 Å². The second-order valence-corrected chi connectivity index (χ2v) is 9.92. The Bertz CT molecular complexity index is 883. The normalized spacial score (nSPS) is 29.1. The first kappa shape index (κ1) is 22.5. The SMILES string of the molecule is O=C(c1ccc(OC(F)(F)F)cc1)N1CCC(N2C[C@H]3C[C@H](C2)[C@H]2CCCC(=O)N2C3)CC1. The van der Waals surface area contributed by atoms with Gasteiger partial charge in [0.25, 0.3) is 5.91 Å². The van der Waals surface area contributed by atoms with Crippen LogP contribution in [0, 0.1) is 11.8 Å². The molecule has 0 saturated carbocycles. The zero-order chi connectivity index (χ0) is 23.2. The minimum absolute atomic E-state index is 0.154. The monoisotopic (exact) mass is 465 g/mol. The van der Waals surface area contributed by atoms with Crippen LogP contribution in [-0.4, -0.2) is 77.7 Å². The molecule has 9 heteroatoms. The highest BCUT2D eigenvalue weighted by atomic mass is 19.4. The van der Waals surface area contributed by atoms with E-state index in [1.165, 1.54) is 30.7 Å². The van der Waals surface area contributed by atoms with Gasteiger partial charge in [-0.3, -0.25) is 14.5 Å². The first-order valence-corrected chi connectivity index (χ1v) is 12.0. The number of piperidine rings is 4. The Morgan fingerprint density at radius 2 is 1.73 bits per heavy atom. The summed E-state index contributed by atoms with van der Waals surface area (Å²) in [7, 11) is 0. The molecule has 6 nitrogen and oxygen atoms in total. The number of rotatable bonds is 3. The van der Waals surface area contributed by atoms with Crippen molar-refractivity contribution in [2.45, 2.75) is 57.0 Å². The third-order valence-corrected chi connectivity index (χ3v) is 7.81. The quantitative estimate of drug-likeness (QED) is 0.686. The van der Waals surface area contributed by atoms with Gasteiger partial charge in [-0.15, -0.1) is 13.2 Å². The van der Waals surface area contributed by atoms with Crippen molar-refractivity contribution in [1.82, 2.24) is 14.7 Å². The largest absolute Gasteiger partial charge is 0.573 e. The topological polar surface area (TPSA) is 53.1 Å². The molecule has 180 valence electrons. The maximum atomic E-state index is 12.8. The molecule has 4 heterocycles. The van der Waals surface area contributed by atoms with E-state index in [4.69, 9.17) is 0 Å². The summed E-state index contributed by atoms with van der Waals surface area (Å²) in [5, 5.41) is 0. The summed E-state index contributed by atoms with van der Waals surface area (Å²) in [6.07, 6.45) is 1.09. The number of alkyl halides is 3. The number of likely N-dealkylation sites (tertiary alicyclic amines) is 2. The lowest BCUT2D eigenvalue weighted by Crippen LogP contribution is -2.62. The molecular formula is C24H30F3N3O3. The molecule has 0 spiro atoms. The molecule has 4 fully saturated rings. The first-order chi connectivity index (χ1) is 15.8. The van der Waals surface area contributed by atoms with Gasteiger partial charge in [-0.1, -0.05) is 0 Å². The van der Waals surface area contributed by atoms with Gasteiger partial charge in [0.2, 0.25) is 5.91 Å². The highest BCUT2D eigenvalue weighted by molar-refractivity contribution is 5.94. The fourth-order valence-corrected chi connectivity index (χ4v) is 6.36. The predicted molar refractivity (Wildman–Crippen MR) is 115 cm³/mol. The van der Waals surface area contributed by atoms with Gasteiger partial charge >= 0.3 is 6.36 Å². The molecular weight excluding hydrogens is 435 g/mol. The van der Waals surface area contributed by atoms with Crippen LogP contribution in [0.15, 0.2) is 24.3 Å². The Hall–Kier alpha value is -2.29. The Kier molecular flexibility index (Phi) is 6.01. The van der Waals surface area contributed by atoms with Gasteiger partial charge < -0.3 is 14.5 Å². The van der Waals surface area contributed by atoms with Gasteiger partial charge in [0.05, 0.1) is 0 Å². The Labute approximate surface area is 191 Å². The molecule has 4 saturated heterocycles. The number of ether oxygens (including phenoxy) is 1. The number of carbonyl (C=O) groups is 2. The molecule has 1 aromatic carbocycles. The highest BCUT2D eigenvalue weighted by Crippen LogP contribution is 2.39. The maximum absolute atomic E-state index is 12.8. The van der Waals surface area contributed by atoms with E-state index >= 15 is 0 Å². The summed E-state index contributed by atoms with van der Waals surface area (Å²) < 4.78 is 40.9. The van der Waals surface area contributed by atoms with Gasteiger partial charge in [-0.2, -0.15) is 0 Å². The van der Waals surface area contributed by atoms with E-state index in [1.807, 2.05) is 0 Å². The first-order valence-electron chi connectivity index (χ1n) is 12.0. The zero-order valence-corrected chi connectivity index (χ0v) is 18.6. The van der Waals surface area contributed by atoms with Crippen LogP contribution in [-0.2, 0) is 4.79 Å². The van der Waals surface area contributed by atoms with E-state index in [2.05, 4.69) is 14.5 Å². The second kappa shape index (κ2) is 8.81. The summed E-state index contributed by atoms with van der Waals surface area (Å²) in [5.74, 6) is 0.947. The summed E-state index contributed by atoms with van der Waals surface area (Å²) in [6.45, 7) is 4.23. The fourth-order valence-electron chi connectivity index (χ4n) is 6.36. The fraction of sp³-hybridized carbons (Fsp3) is 0.667. The van der Waals surface area contributed by atoms with E-state index in [0.29, 0.717) is 54.9 Å². The molecule has 4 aliphatic heterocycles. The van der Waals surface area contributed by atoms with Crippen molar-refractivity contribution in [3.05, 3.63) is 29.8 Å². The van der Waals surface area contributed by atoms with Crippen molar-refractivity contribution >= 4 is 11.8 Å². The molecule has 5 rings (SSSR count). The lowest BCUT2D eigenvalue weighted by Gasteiger charge is -2.54. The third-order valence-electron chi connectivity index (χ3n) is 7.81. The van der Waals surface area contributed by atoms with Crippen molar-refractivity contribution in [2.24, 2.45) is 11.8 Å². The summed E-state index contributed by atoms with van der Waals surface area (Å²) in [4.78, 5) is 31.7. The maximum Gasteiger partial charge on any atom is 0.573 e. The number of amides is 2. The molecule has 1 aromatic rings. The van der Waals surface area contributed by atoms with Crippen LogP contribution < -0.4 is 4.74 Å². The molecule has 0 unspecified atom stereocenters. The molecule has 33 heavy (non-hydrogen) atoms. The molecule has 2 amide bonds. The van der Waals surface area contributed by atoms with E-state index in [9.17, 15) is 22.8 Å². The standard InChI is InChI=1S/C24H30F3N3O3/c25-24(26,27)33-20-6-4-17(5-7-20)23(32)28-10-8-19(9-11-28)29-13-16-12-18(15-29)21-2-1-3-22(31)30(21)14-16/h4-7,16,18-19,21H,1-3,8-15H2/t16-,18-,21-/m1/s1. The van der Waals surface area contributed by atoms with E-state index in [-0.39, 0.29) is 11.7 Å². The average Bonchev–Trinajstić information content (AvgIpc) is 2.79. The number of carbonyl (C=O) groups excluding carboxylic acids is 2. The minimum atomic E-state index is -4.74. The third kappa shape index (κ3) is 4.83. The lowest BCUT2D eigenvalue weighted by molar-refractivity contribution is -0.274. The van der Waals surface area contributed by atoms with E-state index in [0.717, 1.165) is 45.3 Å². The van der Waals surface area contributed by atoms with Crippen molar-refractivity contribution in [3.63, 3.8) is 0 Å². The van der Waals surface area contributed by atoms with Gasteiger partial charge in [-0.25, -0.2) is 0 Å². The zero-order valence-electron chi connectivity index (χ0n) is 18.6. The van der Waals surface area contributed by atoms with Crippen LogP contribution in [0.3, 0.4) is 0 Å². The Balaban J connectivity index is 1.15. The van der Waals surface area contributed by atoms with Crippen LogP contribution in [0.5, 0.6) is 5.75 Å². The van der Waals surface area contributed by atoms with Gasteiger partial charge in [0, 0.05) is 56.8 Å². The van der Waals surface area contributed by atoms with Gasteiger partial charge in [0.15, 0.2) is 0 Å². The van der Waals surface area contributed by atoms with Gasteiger partial charge in [0.1, 0.15) is 5.75 Å². The number of halogens is 3. The van der Waals surface area contributed by atoms with Crippen LogP contribution in [0.2, 0.25) is 0 Å². The summed E-state index contributed by atoms with van der Waals surface area (Å²) in [5.41, 5.74) is 0.373. The number of fused-ring (bicyclic) bond motifs is 4. The van der Waals surface area contributed by atoms with Crippen LogP contribution in [0.25, 0.3) is 0 Å². The number of benzene rings is 1. The summed E-state index contributed by atoms with van der Waals surface area (Å²) in [6, 6.07) is 5.97. The molecule has 2 bridgehead atoms. The number of hydrogen-bond donors (Lipinski definition) is 0. The molecule has 0 N–H and O–H groups in total. The highest BCUT2D eigenvalue weighted by Gasteiger charge is 2.45. The van der Waals surface area contributed by atoms with Crippen LogP contribution >= 0.6 is 0 Å². The molecule has 0 aliphatic carbocycles. The Morgan fingerprint density at radius 1 is 1.00 bits per heavy atom. The smallest absolute Gasteiger partial charge is 0.406 e. The average molecular weight is 466 g/mol.